The van der Waals surface area contributed by atoms with Gasteiger partial charge in [0.1, 0.15) is 5.75 Å². The fourth-order valence-electron chi connectivity index (χ4n) is 4.88. The van der Waals surface area contributed by atoms with E-state index in [-0.39, 0.29) is 0 Å². The van der Waals surface area contributed by atoms with E-state index in [0.717, 1.165) is 21.1 Å². The minimum absolute atomic E-state index is 0.380. The smallest absolute Gasteiger partial charge is 0.126 e. The van der Waals surface area contributed by atoms with Crippen molar-refractivity contribution in [2.75, 3.05) is 7.11 Å². The molecule has 140 valence electrons. The first-order chi connectivity index (χ1) is 13.6. The van der Waals surface area contributed by atoms with Crippen molar-refractivity contribution in [3.8, 4) is 16.9 Å². The molecule has 0 heterocycles. The maximum absolute atomic E-state index is 5.61. The van der Waals surface area contributed by atoms with E-state index in [1.807, 2.05) is 0 Å². The lowest BCUT2D eigenvalue weighted by Crippen LogP contribution is -2.06. The Labute approximate surface area is 182 Å². The molecule has 3 aromatic carbocycles. The third-order valence-corrected chi connectivity index (χ3v) is 7.14. The van der Waals surface area contributed by atoms with Crippen LogP contribution in [0.15, 0.2) is 69.1 Å². The van der Waals surface area contributed by atoms with Gasteiger partial charge in [-0.15, -0.1) is 0 Å². The van der Waals surface area contributed by atoms with E-state index < -0.39 is 0 Å². The molecule has 0 fully saturated rings. The molecule has 3 aromatic rings. The van der Waals surface area contributed by atoms with Crippen molar-refractivity contribution in [1.29, 1.82) is 0 Å². The Morgan fingerprint density at radius 1 is 0.821 bits per heavy atom. The lowest BCUT2D eigenvalue weighted by Gasteiger charge is -2.22. The van der Waals surface area contributed by atoms with Gasteiger partial charge in [-0.3, -0.25) is 0 Å². The molecule has 2 aliphatic carbocycles. The third-order valence-electron chi connectivity index (χ3n) is 6.16. The Morgan fingerprint density at radius 2 is 1.46 bits per heavy atom. The molecule has 1 atom stereocenters. The highest BCUT2D eigenvalue weighted by Gasteiger charge is 2.34. The monoisotopic (exact) mass is 494 g/mol. The zero-order valence-corrected chi connectivity index (χ0v) is 19.0. The Bertz CT molecular complexity index is 1080. The van der Waals surface area contributed by atoms with Crippen molar-refractivity contribution in [3.63, 3.8) is 0 Å². The number of halogens is 2. The number of methoxy groups -OCH3 is 1. The summed E-state index contributed by atoms with van der Waals surface area (Å²) >= 11 is 7.37. The molecule has 0 aromatic heterocycles. The lowest BCUT2D eigenvalue weighted by atomic mass is 9.82. The molecular formula is C25H20Br2O. The lowest BCUT2D eigenvalue weighted by molar-refractivity contribution is 0.413. The molecule has 5 rings (SSSR count). The SMILES string of the molecule is COc1cccc2c1C=C(C)C2CC1c2cc(Br)ccc2-c2ccc(Br)cc21. The van der Waals surface area contributed by atoms with Crippen LogP contribution in [-0.4, -0.2) is 7.11 Å². The fraction of sp³-hybridized carbons (Fsp3) is 0.200. The van der Waals surface area contributed by atoms with Crippen LogP contribution in [0.3, 0.4) is 0 Å². The molecule has 0 saturated carbocycles. The van der Waals surface area contributed by atoms with Crippen LogP contribution in [0, 0.1) is 0 Å². The Hall–Kier alpha value is -1.84. The topological polar surface area (TPSA) is 9.23 Å². The van der Waals surface area contributed by atoms with Gasteiger partial charge >= 0.3 is 0 Å². The van der Waals surface area contributed by atoms with Crippen LogP contribution in [0.5, 0.6) is 5.75 Å². The van der Waals surface area contributed by atoms with Crippen molar-refractivity contribution in [3.05, 3.63) is 91.4 Å². The second kappa shape index (κ2) is 6.89. The molecule has 1 unspecified atom stereocenters. The molecule has 0 saturated heterocycles. The summed E-state index contributed by atoms with van der Waals surface area (Å²) < 4.78 is 7.90. The predicted octanol–water partition coefficient (Wildman–Crippen LogP) is 7.92. The molecule has 0 radical (unpaired) electrons. The number of fused-ring (bicyclic) bond motifs is 4. The van der Waals surface area contributed by atoms with Crippen molar-refractivity contribution >= 4 is 37.9 Å². The molecule has 0 N–H and O–H groups in total. The average molecular weight is 496 g/mol. The van der Waals surface area contributed by atoms with Crippen LogP contribution in [0.4, 0.5) is 0 Å². The zero-order chi connectivity index (χ0) is 19.4. The summed E-state index contributed by atoms with van der Waals surface area (Å²) in [4.78, 5) is 0. The standard InChI is InChI=1S/C25H20Br2O/c1-14-10-24-17(4-3-5-25(24)28-2)20(14)13-23-21-11-15(26)6-8-18(21)19-9-7-16(27)12-22(19)23/h3-12,20,23H,13H2,1-2H3. The Balaban J connectivity index is 1.61. The van der Waals surface area contributed by atoms with E-state index >= 15 is 0 Å². The Morgan fingerprint density at radius 3 is 2.07 bits per heavy atom. The number of ether oxygens (including phenoxy) is 1. The van der Waals surface area contributed by atoms with Crippen LogP contribution in [-0.2, 0) is 0 Å². The first-order valence-corrected chi connectivity index (χ1v) is 11.1. The number of hydrogen-bond acceptors (Lipinski definition) is 1. The predicted molar refractivity (Wildman–Crippen MR) is 123 cm³/mol. The van der Waals surface area contributed by atoms with Gasteiger partial charge in [0.05, 0.1) is 7.11 Å². The molecule has 1 nitrogen and oxygen atoms in total. The number of rotatable bonds is 3. The molecule has 2 aliphatic rings. The molecule has 3 heteroatoms. The van der Waals surface area contributed by atoms with E-state index in [2.05, 4.69) is 99.5 Å². The van der Waals surface area contributed by atoms with Crippen LogP contribution in [0.25, 0.3) is 17.2 Å². The van der Waals surface area contributed by atoms with Gasteiger partial charge in [0.25, 0.3) is 0 Å². The third kappa shape index (κ3) is 2.79. The largest absolute Gasteiger partial charge is 0.496 e. The number of allylic oxidation sites excluding steroid dienone is 1. The highest BCUT2D eigenvalue weighted by Crippen LogP contribution is 2.53. The quantitative estimate of drug-likeness (QED) is 0.358. The Kier molecular flexibility index (Phi) is 4.48. The van der Waals surface area contributed by atoms with Crippen molar-refractivity contribution in [2.45, 2.75) is 25.2 Å². The van der Waals surface area contributed by atoms with E-state index in [1.165, 1.54) is 39.0 Å². The minimum atomic E-state index is 0.380. The summed E-state index contributed by atoms with van der Waals surface area (Å²) in [6.07, 6.45) is 3.37. The first-order valence-electron chi connectivity index (χ1n) is 9.51. The second-order valence-electron chi connectivity index (χ2n) is 7.66. The van der Waals surface area contributed by atoms with Crippen LogP contribution in [0.2, 0.25) is 0 Å². The summed E-state index contributed by atoms with van der Waals surface area (Å²) in [6, 6.07) is 19.8. The minimum Gasteiger partial charge on any atom is -0.496 e. The zero-order valence-electron chi connectivity index (χ0n) is 15.8. The van der Waals surface area contributed by atoms with Gasteiger partial charge in [0, 0.05) is 26.3 Å². The van der Waals surface area contributed by atoms with Crippen LogP contribution in [0.1, 0.15) is 47.4 Å². The highest BCUT2D eigenvalue weighted by atomic mass is 79.9. The number of benzene rings is 3. The van der Waals surface area contributed by atoms with Gasteiger partial charge in [-0.05, 0) is 71.5 Å². The van der Waals surface area contributed by atoms with Crippen molar-refractivity contribution in [1.82, 2.24) is 0 Å². The van der Waals surface area contributed by atoms with Crippen LogP contribution < -0.4 is 4.74 Å². The molecule has 0 amide bonds. The maximum Gasteiger partial charge on any atom is 0.126 e. The number of hydrogen-bond donors (Lipinski definition) is 0. The van der Waals surface area contributed by atoms with Gasteiger partial charge in [-0.25, -0.2) is 0 Å². The highest BCUT2D eigenvalue weighted by molar-refractivity contribution is 9.10. The normalized spacial score (nSPS) is 17.1. The molecule has 28 heavy (non-hydrogen) atoms. The van der Waals surface area contributed by atoms with Gasteiger partial charge in [0.15, 0.2) is 0 Å². The molecular weight excluding hydrogens is 476 g/mol. The fourth-order valence-corrected chi connectivity index (χ4v) is 5.63. The van der Waals surface area contributed by atoms with Gasteiger partial charge < -0.3 is 4.74 Å². The average Bonchev–Trinajstić information content (AvgIpc) is 3.16. The van der Waals surface area contributed by atoms with Gasteiger partial charge in [0.2, 0.25) is 0 Å². The first kappa shape index (κ1) is 18.2. The second-order valence-corrected chi connectivity index (χ2v) is 9.49. The summed E-state index contributed by atoms with van der Waals surface area (Å²) in [5.74, 6) is 1.76. The van der Waals surface area contributed by atoms with E-state index in [4.69, 9.17) is 4.74 Å². The van der Waals surface area contributed by atoms with Gasteiger partial charge in [-0.2, -0.15) is 0 Å². The molecule has 0 spiro atoms. The summed E-state index contributed by atoms with van der Waals surface area (Å²) in [7, 11) is 1.75. The summed E-state index contributed by atoms with van der Waals surface area (Å²) in [5, 5.41) is 0. The summed E-state index contributed by atoms with van der Waals surface area (Å²) in [6.45, 7) is 2.25. The maximum atomic E-state index is 5.61. The van der Waals surface area contributed by atoms with Gasteiger partial charge in [-0.1, -0.05) is 67.8 Å². The van der Waals surface area contributed by atoms with E-state index in [9.17, 15) is 0 Å². The van der Waals surface area contributed by atoms with Crippen molar-refractivity contribution < 1.29 is 4.74 Å². The van der Waals surface area contributed by atoms with Crippen LogP contribution >= 0.6 is 31.9 Å². The van der Waals surface area contributed by atoms with E-state index in [1.54, 1.807) is 7.11 Å². The van der Waals surface area contributed by atoms with Crippen molar-refractivity contribution in [2.24, 2.45) is 0 Å². The molecule has 0 aliphatic heterocycles. The van der Waals surface area contributed by atoms with E-state index in [0.29, 0.717) is 11.8 Å². The molecule has 0 bridgehead atoms. The summed E-state index contributed by atoms with van der Waals surface area (Å²) in [5.41, 5.74) is 9.62.